The SMILES string of the molecule is Cc1c(C(=O)N2CCN(C(C)C(F)(F)F)CC2)nnn1C1CCNCC1. The Morgan fingerprint density at radius 1 is 1.19 bits per heavy atom. The predicted molar refractivity (Wildman–Crippen MR) is 88.9 cm³/mol. The molecule has 1 aromatic rings. The molecule has 1 atom stereocenters. The van der Waals surface area contributed by atoms with Crippen molar-refractivity contribution in [3.8, 4) is 0 Å². The van der Waals surface area contributed by atoms with Crippen LogP contribution in [0.2, 0.25) is 0 Å². The van der Waals surface area contributed by atoms with Crippen molar-refractivity contribution in [1.82, 2.24) is 30.1 Å². The summed E-state index contributed by atoms with van der Waals surface area (Å²) in [6, 6.07) is -1.27. The lowest BCUT2D eigenvalue weighted by molar-refractivity contribution is -0.181. The Balaban J connectivity index is 1.63. The van der Waals surface area contributed by atoms with Crippen molar-refractivity contribution in [1.29, 1.82) is 0 Å². The number of piperidine rings is 1. The zero-order valence-electron chi connectivity index (χ0n) is 15.1. The average molecular weight is 374 g/mol. The summed E-state index contributed by atoms with van der Waals surface area (Å²) >= 11 is 0. The van der Waals surface area contributed by atoms with E-state index in [1.54, 1.807) is 4.90 Å². The summed E-state index contributed by atoms with van der Waals surface area (Å²) in [5.74, 6) is -0.248. The highest BCUT2D eigenvalue weighted by molar-refractivity contribution is 5.93. The Hall–Kier alpha value is -1.68. The normalized spacial score (nSPS) is 21.8. The fraction of sp³-hybridized carbons (Fsp3) is 0.812. The van der Waals surface area contributed by atoms with E-state index in [4.69, 9.17) is 0 Å². The van der Waals surface area contributed by atoms with Gasteiger partial charge < -0.3 is 10.2 Å². The van der Waals surface area contributed by atoms with Gasteiger partial charge in [-0.25, -0.2) is 4.68 Å². The summed E-state index contributed by atoms with van der Waals surface area (Å²) in [5, 5.41) is 11.5. The minimum Gasteiger partial charge on any atom is -0.335 e. The van der Waals surface area contributed by atoms with Gasteiger partial charge in [0, 0.05) is 26.2 Å². The van der Waals surface area contributed by atoms with Crippen molar-refractivity contribution < 1.29 is 18.0 Å². The molecule has 146 valence electrons. The molecular formula is C16H25F3N6O. The van der Waals surface area contributed by atoms with Crippen molar-refractivity contribution in [3.63, 3.8) is 0 Å². The number of carbonyl (C=O) groups excluding carboxylic acids is 1. The van der Waals surface area contributed by atoms with Crippen LogP contribution in [0.25, 0.3) is 0 Å². The molecular weight excluding hydrogens is 349 g/mol. The van der Waals surface area contributed by atoms with Gasteiger partial charge in [-0.05, 0) is 39.8 Å². The maximum atomic E-state index is 12.8. The fourth-order valence-electron chi connectivity index (χ4n) is 3.61. The summed E-state index contributed by atoms with van der Waals surface area (Å²) in [7, 11) is 0. The predicted octanol–water partition coefficient (Wildman–Crippen LogP) is 1.22. The first-order valence-electron chi connectivity index (χ1n) is 9.01. The van der Waals surface area contributed by atoms with Gasteiger partial charge in [-0.2, -0.15) is 13.2 Å². The Morgan fingerprint density at radius 2 is 1.81 bits per heavy atom. The van der Waals surface area contributed by atoms with Crippen molar-refractivity contribution >= 4 is 5.91 Å². The second-order valence-corrected chi connectivity index (χ2v) is 6.99. The second-order valence-electron chi connectivity index (χ2n) is 6.99. The highest BCUT2D eigenvalue weighted by Crippen LogP contribution is 2.26. The van der Waals surface area contributed by atoms with Crippen LogP contribution in [0.4, 0.5) is 13.2 Å². The van der Waals surface area contributed by atoms with E-state index in [9.17, 15) is 18.0 Å². The molecule has 0 spiro atoms. The number of piperazine rings is 1. The summed E-state index contributed by atoms with van der Waals surface area (Å²) < 4.78 is 40.3. The van der Waals surface area contributed by atoms with Gasteiger partial charge in [0.1, 0.15) is 6.04 Å². The van der Waals surface area contributed by atoms with Gasteiger partial charge in [-0.3, -0.25) is 9.69 Å². The van der Waals surface area contributed by atoms with E-state index in [1.165, 1.54) is 4.90 Å². The lowest BCUT2D eigenvalue weighted by Gasteiger charge is -2.38. The van der Waals surface area contributed by atoms with Crippen LogP contribution in [0.5, 0.6) is 0 Å². The highest BCUT2D eigenvalue weighted by atomic mass is 19.4. The molecule has 0 aliphatic carbocycles. The van der Waals surface area contributed by atoms with Crippen LogP contribution in [0, 0.1) is 6.92 Å². The first-order valence-corrected chi connectivity index (χ1v) is 9.01. The van der Waals surface area contributed by atoms with E-state index in [0.717, 1.165) is 38.5 Å². The van der Waals surface area contributed by atoms with Crippen molar-refractivity contribution in [2.75, 3.05) is 39.3 Å². The van der Waals surface area contributed by atoms with Crippen LogP contribution in [0.15, 0.2) is 0 Å². The summed E-state index contributed by atoms with van der Waals surface area (Å²) in [5.41, 5.74) is 1.04. The first-order chi connectivity index (χ1) is 12.3. The number of hydrogen-bond donors (Lipinski definition) is 1. The third kappa shape index (κ3) is 3.85. The van der Waals surface area contributed by atoms with Gasteiger partial charge in [0.25, 0.3) is 5.91 Å². The molecule has 10 heteroatoms. The number of rotatable bonds is 3. The van der Waals surface area contributed by atoms with Gasteiger partial charge in [0.15, 0.2) is 5.69 Å². The molecule has 3 rings (SSSR count). The van der Waals surface area contributed by atoms with E-state index >= 15 is 0 Å². The number of aromatic nitrogens is 3. The molecule has 0 bridgehead atoms. The average Bonchev–Trinajstić information content (AvgIpc) is 3.02. The molecule has 1 aromatic heterocycles. The Kier molecular flexibility index (Phi) is 5.52. The standard InChI is InChI=1S/C16H25F3N6O/c1-11-14(21-22-25(11)13-3-5-20-6-4-13)15(26)24-9-7-23(8-10-24)12(2)16(17,18)19/h12-13,20H,3-10H2,1-2H3. The minimum absolute atomic E-state index is 0.202. The Morgan fingerprint density at radius 3 is 2.38 bits per heavy atom. The molecule has 7 nitrogen and oxygen atoms in total. The number of halogens is 3. The van der Waals surface area contributed by atoms with E-state index < -0.39 is 12.2 Å². The largest absolute Gasteiger partial charge is 0.403 e. The molecule has 2 aliphatic heterocycles. The Bertz CT molecular complexity index is 632. The van der Waals surface area contributed by atoms with Crippen LogP contribution >= 0.6 is 0 Å². The van der Waals surface area contributed by atoms with E-state index in [0.29, 0.717) is 5.69 Å². The first kappa shape index (κ1) is 19.1. The number of alkyl halides is 3. The molecule has 0 aromatic carbocycles. The topological polar surface area (TPSA) is 66.3 Å². The van der Waals surface area contributed by atoms with E-state index in [-0.39, 0.29) is 38.1 Å². The van der Waals surface area contributed by atoms with Gasteiger partial charge in [-0.15, -0.1) is 5.10 Å². The number of carbonyl (C=O) groups is 1. The molecule has 2 fully saturated rings. The quantitative estimate of drug-likeness (QED) is 0.862. The second kappa shape index (κ2) is 7.51. The summed E-state index contributed by atoms with van der Waals surface area (Å²) in [6.07, 6.45) is -2.38. The van der Waals surface area contributed by atoms with Gasteiger partial charge in [0.2, 0.25) is 0 Å². The number of hydrogen-bond acceptors (Lipinski definition) is 5. The molecule has 2 aliphatic rings. The van der Waals surface area contributed by atoms with Crippen LogP contribution < -0.4 is 5.32 Å². The smallest absolute Gasteiger partial charge is 0.335 e. The summed E-state index contributed by atoms with van der Waals surface area (Å²) in [4.78, 5) is 15.7. The van der Waals surface area contributed by atoms with E-state index in [2.05, 4.69) is 15.6 Å². The lowest BCUT2D eigenvalue weighted by atomic mass is 10.1. The zero-order chi connectivity index (χ0) is 18.9. The molecule has 26 heavy (non-hydrogen) atoms. The van der Waals surface area contributed by atoms with Gasteiger partial charge in [0.05, 0.1) is 11.7 Å². The molecule has 1 unspecified atom stereocenters. The van der Waals surface area contributed by atoms with Crippen LogP contribution in [0.3, 0.4) is 0 Å². The molecule has 1 N–H and O–H groups in total. The van der Waals surface area contributed by atoms with E-state index in [1.807, 2.05) is 11.6 Å². The van der Waals surface area contributed by atoms with Crippen molar-refractivity contribution in [3.05, 3.63) is 11.4 Å². The number of nitrogens with one attached hydrogen (secondary N) is 1. The van der Waals surface area contributed by atoms with Gasteiger partial charge in [-0.1, -0.05) is 5.21 Å². The monoisotopic (exact) mass is 374 g/mol. The fourth-order valence-corrected chi connectivity index (χ4v) is 3.61. The highest BCUT2D eigenvalue weighted by Gasteiger charge is 2.41. The third-order valence-electron chi connectivity index (χ3n) is 5.41. The third-order valence-corrected chi connectivity index (χ3v) is 5.41. The molecule has 0 radical (unpaired) electrons. The minimum atomic E-state index is -4.25. The van der Waals surface area contributed by atoms with Crippen molar-refractivity contribution in [2.45, 2.75) is 44.9 Å². The van der Waals surface area contributed by atoms with Crippen molar-refractivity contribution in [2.24, 2.45) is 0 Å². The maximum Gasteiger partial charge on any atom is 0.403 e. The molecule has 2 saturated heterocycles. The van der Waals surface area contributed by atoms with Gasteiger partial charge >= 0.3 is 6.18 Å². The van der Waals surface area contributed by atoms with Crippen LogP contribution in [-0.2, 0) is 0 Å². The number of nitrogens with zero attached hydrogens (tertiary/aromatic N) is 5. The van der Waals surface area contributed by atoms with Crippen LogP contribution in [0.1, 0.15) is 42.0 Å². The summed E-state index contributed by atoms with van der Waals surface area (Å²) in [6.45, 7) is 5.74. The lowest BCUT2D eigenvalue weighted by Crippen LogP contribution is -2.54. The zero-order valence-corrected chi connectivity index (χ0v) is 15.1. The molecule has 0 saturated carbocycles. The maximum absolute atomic E-state index is 12.8. The number of amides is 1. The van der Waals surface area contributed by atoms with Crippen LogP contribution in [-0.4, -0.2) is 82.2 Å². The molecule has 3 heterocycles. The Labute approximate surface area is 150 Å². The molecule has 1 amide bonds.